The minimum absolute atomic E-state index is 0.175. The summed E-state index contributed by atoms with van der Waals surface area (Å²) < 4.78 is 8.33. The molecule has 0 N–H and O–H groups in total. The number of aromatic nitrogens is 3. The fourth-order valence-corrected chi connectivity index (χ4v) is 4.61. The zero-order valence-electron chi connectivity index (χ0n) is 19.7. The van der Waals surface area contributed by atoms with Crippen LogP contribution in [0, 0.1) is 6.92 Å². The first kappa shape index (κ1) is 22.7. The molecule has 5 rings (SSSR count). The van der Waals surface area contributed by atoms with Crippen molar-refractivity contribution in [1.82, 2.24) is 14.3 Å². The summed E-state index contributed by atoms with van der Waals surface area (Å²) in [4.78, 5) is 29.2. The van der Waals surface area contributed by atoms with Gasteiger partial charge in [0.2, 0.25) is 0 Å². The van der Waals surface area contributed by atoms with E-state index >= 15 is 0 Å². The number of fused-ring (bicyclic) bond motifs is 3. The molecule has 0 atom stereocenters. The molecule has 35 heavy (non-hydrogen) atoms. The number of hydrogen-bond donors (Lipinski definition) is 0. The van der Waals surface area contributed by atoms with E-state index in [0.717, 1.165) is 16.5 Å². The fraction of sp³-hybridized carbons (Fsp3) is 0.148. The lowest BCUT2D eigenvalue weighted by molar-refractivity contribution is 0.0988. The number of ether oxygens (including phenoxy) is 1. The Hall–Kier alpha value is -4.10. The summed E-state index contributed by atoms with van der Waals surface area (Å²) in [6.45, 7) is 1.91. The van der Waals surface area contributed by atoms with Crippen LogP contribution in [0.4, 0.5) is 5.69 Å². The molecule has 1 amide bonds. The van der Waals surface area contributed by atoms with Crippen LogP contribution in [0.25, 0.3) is 27.5 Å². The van der Waals surface area contributed by atoms with E-state index in [1.165, 1.54) is 9.58 Å². The van der Waals surface area contributed by atoms with E-state index in [2.05, 4.69) is 5.10 Å². The van der Waals surface area contributed by atoms with Crippen molar-refractivity contribution in [3.05, 3.63) is 93.4 Å². The van der Waals surface area contributed by atoms with Gasteiger partial charge in [-0.25, -0.2) is 0 Å². The van der Waals surface area contributed by atoms with Gasteiger partial charge in [0.1, 0.15) is 11.3 Å². The largest absolute Gasteiger partial charge is 0.497 e. The highest BCUT2D eigenvalue weighted by Gasteiger charge is 2.26. The Morgan fingerprint density at radius 2 is 1.77 bits per heavy atom. The molecule has 2 heterocycles. The summed E-state index contributed by atoms with van der Waals surface area (Å²) in [6.07, 6.45) is 0. The van der Waals surface area contributed by atoms with Crippen LogP contribution in [0.1, 0.15) is 16.1 Å². The van der Waals surface area contributed by atoms with Gasteiger partial charge in [-0.1, -0.05) is 35.9 Å². The van der Waals surface area contributed by atoms with Crippen molar-refractivity contribution in [2.24, 2.45) is 7.05 Å². The number of nitrogens with zero attached hydrogens (tertiary/aromatic N) is 4. The molecule has 7 nitrogen and oxygen atoms in total. The third-order valence-electron chi connectivity index (χ3n) is 6.30. The predicted molar refractivity (Wildman–Crippen MR) is 139 cm³/mol. The molecule has 0 saturated heterocycles. The van der Waals surface area contributed by atoms with Gasteiger partial charge in [-0.15, -0.1) is 0 Å². The maximum absolute atomic E-state index is 13.9. The number of hydrogen-bond acceptors (Lipinski definition) is 4. The Kier molecular flexibility index (Phi) is 5.57. The van der Waals surface area contributed by atoms with Crippen LogP contribution < -0.4 is 15.2 Å². The zero-order chi connectivity index (χ0) is 24.9. The summed E-state index contributed by atoms with van der Waals surface area (Å²) in [5, 5.41) is 6.45. The number of aryl methyl sites for hydroxylation is 2. The van der Waals surface area contributed by atoms with Gasteiger partial charge in [-0.05, 0) is 55.0 Å². The van der Waals surface area contributed by atoms with Crippen molar-refractivity contribution in [2.45, 2.75) is 6.92 Å². The molecule has 0 aliphatic carbocycles. The molecular formula is C27H23ClN4O3. The maximum atomic E-state index is 13.9. The summed E-state index contributed by atoms with van der Waals surface area (Å²) >= 11 is 6.23. The minimum atomic E-state index is -0.348. The van der Waals surface area contributed by atoms with Gasteiger partial charge in [0.05, 0.1) is 12.8 Å². The van der Waals surface area contributed by atoms with Gasteiger partial charge in [0.15, 0.2) is 5.69 Å². The van der Waals surface area contributed by atoms with Crippen LogP contribution >= 0.6 is 11.6 Å². The Balaban J connectivity index is 1.82. The molecule has 0 aliphatic rings. The molecular weight excluding hydrogens is 464 g/mol. The Morgan fingerprint density at radius 1 is 1.06 bits per heavy atom. The average molecular weight is 487 g/mol. The molecule has 5 aromatic rings. The molecule has 0 aliphatic heterocycles. The fourth-order valence-electron chi connectivity index (χ4n) is 4.44. The Morgan fingerprint density at radius 3 is 2.49 bits per heavy atom. The number of carbonyl (C=O) groups is 1. The van der Waals surface area contributed by atoms with E-state index in [-0.39, 0.29) is 17.2 Å². The van der Waals surface area contributed by atoms with Gasteiger partial charge in [-0.2, -0.15) is 9.78 Å². The first-order chi connectivity index (χ1) is 16.8. The molecule has 2 aromatic heterocycles. The highest BCUT2D eigenvalue weighted by molar-refractivity contribution is 6.31. The topological polar surface area (TPSA) is 69.4 Å². The van der Waals surface area contributed by atoms with Crippen LogP contribution in [0.15, 0.2) is 71.5 Å². The van der Waals surface area contributed by atoms with E-state index in [1.807, 2.05) is 48.9 Å². The summed E-state index contributed by atoms with van der Waals surface area (Å²) in [6, 6.07) is 20.0. The Labute approximate surface area is 206 Å². The van der Waals surface area contributed by atoms with E-state index in [0.29, 0.717) is 33.0 Å². The summed E-state index contributed by atoms with van der Waals surface area (Å²) in [5.74, 6) is 0.305. The lowest BCUT2D eigenvalue weighted by atomic mass is 10.1. The number of carbonyl (C=O) groups excluding carboxylic acids is 1. The van der Waals surface area contributed by atoms with Crippen molar-refractivity contribution >= 4 is 45.0 Å². The molecule has 0 bridgehead atoms. The number of anilines is 1. The lowest BCUT2D eigenvalue weighted by Crippen LogP contribution is -2.32. The predicted octanol–water partition coefficient (Wildman–Crippen LogP) is 5.12. The smallest absolute Gasteiger partial charge is 0.296 e. The van der Waals surface area contributed by atoms with Crippen molar-refractivity contribution in [3.8, 4) is 11.4 Å². The minimum Gasteiger partial charge on any atom is -0.497 e. The second-order valence-electron chi connectivity index (χ2n) is 8.36. The number of amides is 1. The highest BCUT2D eigenvalue weighted by Crippen LogP contribution is 2.31. The van der Waals surface area contributed by atoms with Gasteiger partial charge < -0.3 is 14.2 Å². The summed E-state index contributed by atoms with van der Waals surface area (Å²) in [5.41, 5.74) is 3.18. The SMILES string of the molecule is COc1ccc(-n2nc(C(=O)N(C)c3cc(Cl)ccc3C)c3c4ccccc4n(C)c3c2=O)cc1. The number of para-hydroxylation sites is 1. The van der Waals surface area contributed by atoms with Gasteiger partial charge in [0.25, 0.3) is 11.5 Å². The number of methoxy groups -OCH3 is 1. The highest BCUT2D eigenvalue weighted by atomic mass is 35.5. The first-order valence-corrected chi connectivity index (χ1v) is 11.4. The summed E-state index contributed by atoms with van der Waals surface area (Å²) in [7, 11) is 5.08. The maximum Gasteiger partial charge on any atom is 0.296 e. The number of rotatable bonds is 4. The van der Waals surface area contributed by atoms with Crippen LogP contribution in [0.2, 0.25) is 5.02 Å². The van der Waals surface area contributed by atoms with Crippen LogP contribution in [0.5, 0.6) is 5.75 Å². The molecule has 3 aromatic carbocycles. The second kappa shape index (κ2) is 8.60. The third-order valence-corrected chi connectivity index (χ3v) is 6.53. The van der Waals surface area contributed by atoms with Crippen molar-refractivity contribution in [1.29, 1.82) is 0 Å². The molecule has 8 heteroatoms. The van der Waals surface area contributed by atoms with E-state index in [9.17, 15) is 9.59 Å². The van der Waals surface area contributed by atoms with Crippen molar-refractivity contribution in [2.75, 3.05) is 19.1 Å². The molecule has 176 valence electrons. The second-order valence-corrected chi connectivity index (χ2v) is 8.79. The Bertz CT molecular complexity index is 1670. The standard InChI is InChI=1S/C27H23ClN4O3/c1-16-9-10-17(28)15-22(16)31(3)26(33)24-23-20-7-5-6-8-21(20)30(2)25(23)27(34)32(29-24)18-11-13-19(35-4)14-12-18/h5-15H,1-4H3. The van der Waals surface area contributed by atoms with E-state index in [1.54, 1.807) is 50.6 Å². The van der Waals surface area contributed by atoms with E-state index < -0.39 is 0 Å². The van der Waals surface area contributed by atoms with Crippen molar-refractivity contribution < 1.29 is 9.53 Å². The molecule has 0 radical (unpaired) electrons. The lowest BCUT2D eigenvalue weighted by Gasteiger charge is -2.20. The van der Waals surface area contributed by atoms with E-state index in [4.69, 9.17) is 16.3 Å². The van der Waals surface area contributed by atoms with Crippen LogP contribution in [-0.2, 0) is 7.05 Å². The van der Waals surface area contributed by atoms with Gasteiger partial charge in [0, 0.05) is 41.1 Å². The number of benzene rings is 3. The molecule has 0 saturated carbocycles. The zero-order valence-corrected chi connectivity index (χ0v) is 20.5. The van der Waals surface area contributed by atoms with Gasteiger partial charge >= 0.3 is 0 Å². The quantitative estimate of drug-likeness (QED) is 0.353. The van der Waals surface area contributed by atoms with Gasteiger partial charge in [-0.3, -0.25) is 9.59 Å². The molecule has 0 spiro atoms. The molecule has 0 unspecified atom stereocenters. The number of halogens is 1. The monoisotopic (exact) mass is 486 g/mol. The molecule has 0 fully saturated rings. The third kappa shape index (κ3) is 3.65. The van der Waals surface area contributed by atoms with Crippen molar-refractivity contribution in [3.63, 3.8) is 0 Å². The first-order valence-electron chi connectivity index (χ1n) is 11.0. The van der Waals surface area contributed by atoms with Crippen LogP contribution in [0.3, 0.4) is 0 Å². The van der Waals surface area contributed by atoms with Crippen LogP contribution in [-0.4, -0.2) is 34.4 Å². The normalized spacial score (nSPS) is 11.2. The average Bonchev–Trinajstić information content (AvgIpc) is 3.18.